The van der Waals surface area contributed by atoms with Crippen molar-refractivity contribution in [1.29, 1.82) is 0 Å². The number of carbonyl (C=O) groups is 1. The molecule has 0 aliphatic rings. The lowest BCUT2D eigenvalue weighted by atomic mass is 9.94. The van der Waals surface area contributed by atoms with E-state index in [1.54, 1.807) is 11.8 Å². The second-order valence-electron chi connectivity index (χ2n) is 9.42. The Kier molecular flexibility index (Phi) is 10.3. The molecule has 1 N–H and O–H groups in total. The molecule has 0 radical (unpaired) electrons. The molecule has 186 valence electrons. The predicted molar refractivity (Wildman–Crippen MR) is 151 cm³/mol. The smallest absolute Gasteiger partial charge is 0.304 e. The van der Waals surface area contributed by atoms with Crippen molar-refractivity contribution < 1.29 is 9.90 Å². The molecule has 4 heteroatoms. The molecule has 0 unspecified atom stereocenters. The Labute approximate surface area is 215 Å². The van der Waals surface area contributed by atoms with E-state index in [0.29, 0.717) is 17.7 Å². The van der Waals surface area contributed by atoms with Crippen molar-refractivity contribution in [2.24, 2.45) is 0 Å². The van der Waals surface area contributed by atoms with Crippen LogP contribution in [0.2, 0.25) is 0 Å². The van der Waals surface area contributed by atoms with Gasteiger partial charge in [-0.2, -0.15) is 11.8 Å². The van der Waals surface area contributed by atoms with Gasteiger partial charge in [-0.25, -0.2) is 0 Å². The lowest BCUT2D eigenvalue weighted by Crippen LogP contribution is -2.30. The first-order valence-corrected chi connectivity index (χ1v) is 13.9. The number of anilines is 1. The van der Waals surface area contributed by atoms with Gasteiger partial charge in [-0.05, 0) is 78.6 Å². The Morgan fingerprint density at radius 1 is 0.886 bits per heavy atom. The van der Waals surface area contributed by atoms with Crippen molar-refractivity contribution >= 4 is 23.4 Å². The molecule has 0 fully saturated rings. The molecule has 0 aromatic heterocycles. The molecule has 3 aromatic rings. The van der Waals surface area contributed by atoms with Crippen LogP contribution >= 0.6 is 11.8 Å². The van der Waals surface area contributed by atoms with Crippen molar-refractivity contribution in [3.63, 3.8) is 0 Å². The van der Waals surface area contributed by atoms with Gasteiger partial charge in [0, 0.05) is 29.8 Å². The number of hydrogen-bond acceptors (Lipinski definition) is 3. The maximum atomic E-state index is 10.7. The zero-order valence-corrected chi connectivity index (χ0v) is 22.4. The lowest BCUT2D eigenvalue weighted by molar-refractivity contribution is -0.136. The minimum Gasteiger partial charge on any atom is -0.481 e. The fourth-order valence-corrected chi connectivity index (χ4v) is 5.35. The molecule has 0 heterocycles. The summed E-state index contributed by atoms with van der Waals surface area (Å²) < 4.78 is 0. The van der Waals surface area contributed by atoms with Crippen LogP contribution in [-0.2, 0) is 17.1 Å². The summed E-state index contributed by atoms with van der Waals surface area (Å²) in [5.41, 5.74) is 7.66. The molecule has 3 aromatic carbocycles. The molecule has 3 nitrogen and oxygen atoms in total. The van der Waals surface area contributed by atoms with E-state index in [9.17, 15) is 4.79 Å². The third-order valence-corrected chi connectivity index (χ3v) is 7.63. The van der Waals surface area contributed by atoms with Gasteiger partial charge in [-0.1, -0.05) is 68.4 Å². The molecule has 0 amide bonds. The number of aliphatic carboxylic acids is 1. The van der Waals surface area contributed by atoms with Crippen molar-refractivity contribution in [2.45, 2.75) is 71.2 Å². The predicted octanol–water partition coefficient (Wildman–Crippen LogP) is 8.38. The van der Waals surface area contributed by atoms with Crippen LogP contribution in [-0.4, -0.2) is 22.9 Å². The number of carboxylic acid groups (broad SMARTS) is 1. The minimum absolute atomic E-state index is 0.213. The molecule has 0 aliphatic carbocycles. The van der Waals surface area contributed by atoms with Gasteiger partial charge >= 0.3 is 5.97 Å². The SMILES string of the molecule is CCC(CC)c1ccc(N(Cc2cccc(-c3ccc(CSCCC(=O)O)cc3)c2)C(C)C)cc1. The highest BCUT2D eigenvalue weighted by molar-refractivity contribution is 7.98. The van der Waals surface area contributed by atoms with Crippen molar-refractivity contribution in [3.05, 3.63) is 89.5 Å². The highest BCUT2D eigenvalue weighted by atomic mass is 32.2. The largest absolute Gasteiger partial charge is 0.481 e. The second-order valence-corrected chi connectivity index (χ2v) is 10.5. The molecule has 0 saturated heterocycles. The molecule has 0 bridgehead atoms. The number of carboxylic acids is 1. The van der Waals surface area contributed by atoms with Gasteiger partial charge in [-0.15, -0.1) is 0 Å². The van der Waals surface area contributed by atoms with E-state index >= 15 is 0 Å². The molecule has 0 spiro atoms. The molecule has 3 rings (SSSR count). The maximum Gasteiger partial charge on any atom is 0.304 e. The van der Waals surface area contributed by atoms with Gasteiger partial charge in [0.2, 0.25) is 0 Å². The standard InChI is InChI=1S/C31H39NO2S/c1-5-26(6-2)27-14-16-30(17-15-27)32(23(3)4)21-25-8-7-9-29(20-25)28-12-10-24(11-13-28)22-35-19-18-31(33)34/h7-17,20,23,26H,5-6,18-19,21-22H2,1-4H3,(H,33,34). The molecule has 0 atom stereocenters. The van der Waals surface area contributed by atoms with Gasteiger partial charge < -0.3 is 10.0 Å². The lowest BCUT2D eigenvalue weighted by Gasteiger charge is -2.30. The fourth-order valence-electron chi connectivity index (χ4n) is 4.46. The number of rotatable bonds is 13. The van der Waals surface area contributed by atoms with Crippen LogP contribution in [0.1, 0.15) is 69.6 Å². The van der Waals surface area contributed by atoms with Crippen LogP contribution in [0.5, 0.6) is 0 Å². The highest BCUT2D eigenvalue weighted by Crippen LogP contribution is 2.28. The van der Waals surface area contributed by atoms with E-state index in [2.05, 4.69) is 105 Å². The summed E-state index contributed by atoms with van der Waals surface area (Å²) >= 11 is 1.66. The molecule has 35 heavy (non-hydrogen) atoms. The number of thioether (sulfide) groups is 1. The van der Waals surface area contributed by atoms with Gasteiger partial charge in [0.25, 0.3) is 0 Å². The van der Waals surface area contributed by atoms with E-state index in [1.165, 1.54) is 46.3 Å². The number of benzene rings is 3. The highest BCUT2D eigenvalue weighted by Gasteiger charge is 2.14. The number of hydrogen-bond donors (Lipinski definition) is 1. The summed E-state index contributed by atoms with van der Waals surface area (Å²) in [6.07, 6.45) is 2.58. The molecule has 0 saturated carbocycles. The second kappa shape index (κ2) is 13.4. The first kappa shape index (κ1) is 26.9. The van der Waals surface area contributed by atoms with E-state index < -0.39 is 5.97 Å². The fraction of sp³-hybridized carbons (Fsp3) is 0.387. The van der Waals surface area contributed by atoms with E-state index in [-0.39, 0.29) is 6.42 Å². The zero-order valence-electron chi connectivity index (χ0n) is 21.5. The van der Waals surface area contributed by atoms with Crippen LogP contribution in [0.3, 0.4) is 0 Å². The summed E-state index contributed by atoms with van der Waals surface area (Å²) in [5.74, 6) is 1.39. The van der Waals surface area contributed by atoms with Gasteiger partial charge in [0.15, 0.2) is 0 Å². The summed E-state index contributed by atoms with van der Waals surface area (Å²) in [6, 6.07) is 27.0. The van der Waals surface area contributed by atoms with Crippen LogP contribution in [0.25, 0.3) is 11.1 Å². The number of nitrogens with zero attached hydrogens (tertiary/aromatic N) is 1. The van der Waals surface area contributed by atoms with Crippen LogP contribution < -0.4 is 4.90 Å². The van der Waals surface area contributed by atoms with Crippen LogP contribution in [0.4, 0.5) is 5.69 Å². The van der Waals surface area contributed by atoms with Crippen molar-refractivity contribution in [2.75, 3.05) is 10.7 Å². The summed E-state index contributed by atoms with van der Waals surface area (Å²) in [4.78, 5) is 13.1. The third kappa shape index (κ3) is 7.90. The first-order valence-electron chi connectivity index (χ1n) is 12.8. The third-order valence-electron chi connectivity index (χ3n) is 6.60. The monoisotopic (exact) mass is 489 g/mol. The molecule has 0 aliphatic heterocycles. The first-order chi connectivity index (χ1) is 16.9. The van der Waals surface area contributed by atoms with E-state index in [1.807, 2.05) is 0 Å². The van der Waals surface area contributed by atoms with Crippen LogP contribution in [0, 0.1) is 0 Å². The Bertz CT molecular complexity index is 1060. The Balaban J connectivity index is 1.69. The summed E-state index contributed by atoms with van der Waals surface area (Å²) in [5, 5.41) is 8.78. The van der Waals surface area contributed by atoms with Crippen molar-refractivity contribution in [1.82, 2.24) is 0 Å². The Hall–Kier alpha value is -2.72. The topological polar surface area (TPSA) is 40.5 Å². The average molecular weight is 490 g/mol. The zero-order chi connectivity index (χ0) is 25.2. The van der Waals surface area contributed by atoms with E-state index in [0.717, 1.165) is 12.3 Å². The minimum atomic E-state index is -0.734. The van der Waals surface area contributed by atoms with Crippen LogP contribution in [0.15, 0.2) is 72.8 Å². The summed E-state index contributed by atoms with van der Waals surface area (Å²) in [6.45, 7) is 9.92. The normalized spacial score (nSPS) is 11.3. The molecular formula is C31H39NO2S. The van der Waals surface area contributed by atoms with Gasteiger partial charge in [0.1, 0.15) is 0 Å². The Morgan fingerprint density at radius 3 is 2.17 bits per heavy atom. The van der Waals surface area contributed by atoms with Crippen molar-refractivity contribution in [3.8, 4) is 11.1 Å². The summed E-state index contributed by atoms with van der Waals surface area (Å²) in [7, 11) is 0. The van der Waals surface area contributed by atoms with E-state index in [4.69, 9.17) is 5.11 Å². The van der Waals surface area contributed by atoms with Gasteiger partial charge in [0.05, 0.1) is 6.42 Å². The van der Waals surface area contributed by atoms with Gasteiger partial charge in [-0.3, -0.25) is 4.79 Å². The molecular weight excluding hydrogens is 450 g/mol. The average Bonchev–Trinajstić information content (AvgIpc) is 2.87. The maximum absolute atomic E-state index is 10.7. The Morgan fingerprint density at radius 2 is 1.57 bits per heavy atom. The quantitative estimate of drug-likeness (QED) is 0.245.